The van der Waals surface area contributed by atoms with E-state index in [0.717, 1.165) is 17.5 Å². The maximum Gasteiger partial charge on any atom is 0.275 e. The third-order valence-electron chi connectivity index (χ3n) is 5.09. The molecule has 3 aromatic heterocycles. The first-order valence-electron chi connectivity index (χ1n) is 9.48. The molecule has 1 aliphatic heterocycles. The van der Waals surface area contributed by atoms with Crippen molar-refractivity contribution < 1.29 is 13.6 Å². The molecule has 4 heterocycles. The van der Waals surface area contributed by atoms with Gasteiger partial charge in [0, 0.05) is 24.6 Å². The number of benzene rings is 1. The highest BCUT2D eigenvalue weighted by Gasteiger charge is 2.35. The van der Waals surface area contributed by atoms with Crippen LogP contribution in [-0.4, -0.2) is 49.3 Å². The Bertz CT molecular complexity index is 1170. The van der Waals surface area contributed by atoms with E-state index < -0.39 is 0 Å². The van der Waals surface area contributed by atoms with Gasteiger partial charge in [-0.05, 0) is 12.1 Å². The van der Waals surface area contributed by atoms with Crippen LogP contribution in [0.25, 0.3) is 11.3 Å². The van der Waals surface area contributed by atoms with E-state index in [-0.39, 0.29) is 23.3 Å². The highest BCUT2D eigenvalue weighted by atomic mass is 19.1. The Hall–Kier alpha value is -3.88. The SMILES string of the molecule is O=C(c1coc(Cc2ccc(-c3ccccc3)nn2)n1)N1CC(c2[nH]ncc2F)C1. The molecule has 1 fully saturated rings. The van der Waals surface area contributed by atoms with Gasteiger partial charge >= 0.3 is 0 Å². The Balaban J connectivity index is 1.21. The fourth-order valence-corrected chi connectivity index (χ4v) is 3.42. The quantitative estimate of drug-likeness (QED) is 0.549. The van der Waals surface area contributed by atoms with Crippen molar-refractivity contribution in [3.05, 3.63) is 83.7 Å². The highest BCUT2D eigenvalue weighted by Crippen LogP contribution is 2.28. The number of likely N-dealkylation sites (tertiary alicyclic amines) is 1. The van der Waals surface area contributed by atoms with Gasteiger partial charge in [-0.3, -0.25) is 9.89 Å². The van der Waals surface area contributed by atoms with Crippen LogP contribution >= 0.6 is 0 Å². The molecule has 0 saturated carbocycles. The number of hydrogen-bond donors (Lipinski definition) is 1. The summed E-state index contributed by atoms with van der Waals surface area (Å²) in [5.41, 5.74) is 3.11. The monoisotopic (exact) mass is 404 g/mol. The molecule has 0 atom stereocenters. The zero-order chi connectivity index (χ0) is 20.5. The van der Waals surface area contributed by atoms with Crippen molar-refractivity contribution in [1.82, 2.24) is 30.3 Å². The van der Waals surface area contributed by atoms with Gasteiger partial charge in [-0.25, -0.2) is 9.37 Å². The lowest BCUT2D eigenvalue weighted by atomic mass is 9.96. The number of hydrogen-bond acceptors (Lipinski definition) is 6. The molecule has 1 aliphatic rings. The standard InChI is InChI=1S/C21H17FN6O2/c22-16-9-23-27-20(16)14-10-28(11-14)21(29)18-12-30-19(24-18)8-15-6-7-17(26-25-15)13-4-2-1-3-5-13/h1-7,9,12,14H,8,10-11H2,(H,23,27). The maximum absolute atomic E-state index is 13.6. The van der Waals surface area contributed by atoms with Crippen LogP contribution in [0.2, 0.25) is 0 Å². The van der Waals surface area contributed by atoms with Crippen LogP contribution in [0, 0.1) is 5.82 Å². The van der Waals surface area contributed by atoms with Gasteiger partial charge in [0.1, 0.15) is 6.26 Å². The predicted molar refractivity (Wildman–Crippen MR) is 104 cm³/mol. The number of nitrogens with zero attached hydrogens (tertiary/aromatic N) is 5. The minimum Gasteiger partial charge on any atom is -0.448 e. The number of halogens is 1. The van der Waals surface area contributed by atoms with Crippen molar-refractivity contribution in [1.29, 1.82) is 0 Å². The molecule has 0 radical (unpaired) electrons. The zero-order valence-corrected chi connectivity index (χ0v) is 15.8. The Morgan fingerprint density at radius 1 is 1.17 bits per heavy atom. The number of carbonyl (C=O) groups is 1. The molecule has 1 N–H and O–H groups in total. The fraction of sp³-hybridized carbons (Fsp3) is 0.190. The minimum absolute atomic E-state index is 0.0822. The Labute approximate surface area is 170 Å². The van der Waals surface area contributed by atoms with Crippen LogP contribution in [0.4, 0.5) is 4.39 Å². The van der Waals surface area contributed by atoms with E-state index in [4.69, 9.17) is 4.42 Å². The van der Waals surface area contributed by atoms with Crippen molar-refractivity contribution in [2.75, 3.05) is 13.1 Å². The molecule has 30 heavy (non-hydrogen) atoms. The van der Waals surface area contributed by atoms with Crippen molar-refractivity contribution >= 4 is 5.91 Å². The van der Waals surface area contributed by atoms with Gasteiger partial charge in [0.2, 0.25) is 5.89 Å². The molecule has 0 bridgehead atoms. The lowest BCUT2D eigenvalue weighted by Gasteiger charge is -2.38. The zero-order valence-electron chi connectivity index (χ0n) is 15.8. The van der Waals surface area contributed by atoms with Crippen molar-refractivity contribution in [3.8, 4) is 11.3 Å². The Morgan fingerprint density at radius 3 is 2.70 bits per heavy atom. The molecule has 5 rings (SSSR count). The first kappa shape index (κ1) is 18.2. The van der Waals surface area contributed by atoms with Crippen LogP contribution in [0.5, 0.6) is 0 Å². The van der Waals surface area contributed by atoms with Crippen molar-refractivity contribution in [3.63, 3.8) is 0 Å². The van der Waals surface area contributed by atoms with Gasteiger partial charge < -0.3 is 9.32 Å². The van der Waals surface area contributed by atoms with E-state index in [1.807, 2.05) is 42.5 Å². The average molecular weight is 404 g/mol. The number of aromatic nitrogens is 5. The molecule has 150 valence electrons. The molecular formula is C21H17FN6O2. The van der Waals surface area contributed by atoms with E-state index in [2.05, 4.69) is 25.4 Å². The molecule has 0 aliphatic carbocycles. The van der Waals surface area contributed by atoms with Crippen LogP contribution in [0.3, 0.4) is 0 Å². The second-order valence-electron chi connectivity index (χ2n) is 7.12. The number of oxazole rings is 1. The van der Waals surface area contributed by atoms with Crippen LogP contribution in [0.1, 0.15) is 33.7 Å². The van der Waals surface area contributed by atoms with Gasteiger partial charge in [0.05, 0.1) is 29.7 Å². The number of nitrogens with one attached hydrogen (secondary N) is 1. The summed E-state index contributed by atoms with van der Waals surface area (Å²) in [5, 5.41) is 14.8. The lowest BCUT2D eigenvalue weighted by Crippen LogP contribution is -2.49. The van der Waals surface area contributed by atoms with Gasteiger partial charge in [0.15, 0.2) is 11.5 Å². The van der Waals surface area contributed by atoms with Crippen molar-refractivity contribution in [2.24, 2.45) is 0 Å². The van der Waals surface area contributed by atoms with Crippen LogP contribution in [-0.2, 0) is 6.42 Å². The van der Waals surface area contributed by atoms with Gasteiger partial charge in [-0.1, -0.05) is 30.3 Å². The topological polar surface area (TPSA) is 101 Å². The minimum atomic E-state index is -0.379. The summed E-state index contributed by atoms with van der Waals surface area (Å²) in [6.07, 6.45) is 2.81. The summed E-state index contributed by atoms with van der Waals surface area (Å²) >= 11 is 0. The number of H-pyrrole nitrogens is 1. The molecule has 4 aromatic rings. The second-order valence-corrected chi connectivity index (χ2v) is 7.12. The Morgan fingerprint density at radius 2 is 2.00 bits per heavy atom. The summed E-state index contributed by atoms with van der Waals surface area (Å²) in [7, 11) is 0. The number of aromatic amines is 1. The summed E-state index contributed by atoms with van der Waals surface area (Å²) < 4.78 is 19.0. The summed E-state index contributed by atoms with van der Waals surface area (Å²) in [6, 6.07) is 13.5. The first-order chi connectivity index (χ1) is 14.7. The Kier molecular flexibility index (Phi) is 4.55. The van der Waals surface area contributed by atoms with Gasteiger partial charge in [-0.15, -0.1) is 0 Å². The summed E-state index contributed by atoms with van der Waals surface area (Å²) in [4.78, 5) is 18.4. The molecule has 1 amide bonds. The van der Waals surface area contributed by atoms with Crippen molar-refractivity contribution in [2.45, 2.75) is 12.3 Å². The maximum atomic E-state index is 13.6. The molecular weight excluding hydrogens is 387 g/mol. The molecule has 0 spiro atoms. The molecule has 9 heteroatoms. The summed E-state index contributed by atoms with van der Waals surface area (Å²) in [5.74, 6) is -0.320. The van der Waals surface area contributed by atoms with Gasteiger partial charge in [0.25, 0.3) is 5.91 Å². The normalized spacial score (nSPS) is 14.0. The average Bonchev–Trinajstić information content (AvgIpc) is 3.38. The number of rotatable bonds is 5. The van der Waals surface area contributed by atoms with Gasteiger partial charge in [-0.2, -0.15) is 15.3 Å². The van der Waals surface area contributed by atoms with E-state index in [9.17, 15) is 9.18 Å². The largest absolute Gasteiger partial charge is 0.448 e. The summed E-state index contributed by atoms with van der Waals surface area (Å²) in [6.45, 7) is 0.819. The molecule has 0 unspecified atom stereocenters. The smallest absolute Gasteiger partial charge is 0.275 e. The van der Waals surface area contributed by atoms with E-state index in [1.54, 1.807) is 4.90 Å². The molecule has 1 aromatic carbocycles. The lowest BCUT2D eigenvalue weighted by molar-refractivity contribution is 0.0589. The third kappa shape index (κ3) is 3.45. The number of amides is 1. The third-order valence-corrected chi connectivity index (χ3v) is 5.09. The van der Waals surface area contributed by atoms with Crippen LogP contribution < -0.4 is 0 Å². The molecule has 1 saturated heterocycles. The van der Waals surface area contributed by atoms with E-state index in [1.165, 1.54) is 6.26 Å². The van der Waals surface area contributed by atoms with E-state index in [0.29, 0.717) is 36.8 Å². The molecule has 8 nitrogen and oxygen atoms in total. The highest BCUT2D eigenvalue weighted by molar-refractivity contribution is 5.92. The van der Waals surface area contributed by atoms with Crippen LogP contribution in [0.15, 0.2) is 59.3 Å². The fourth-order valence-electron chi connectivity index (χ4n) is 3.42. The van der Waals surface area contributed by atoms with E-state index >= 15 is 0 Å². The second kappa shape index (κ2) is 7.51. The first-order valence-corrected chi connectivity index (χ1v) is 9.48. The predicted octanol–water partition coefficient (Wildman–Crippen LogP) is 2.82. The number of carbonyl (C=O) groups excluding carboxylic acids is 1.